The van der Waals surface area contributed by atoms with E-state index in [1.807, 2.05) is 4.90 Å². The number of likely N-dealkylation sites (tertiary alicyclic amines) is 1. The van der Waals surface area contributed by atoms with Gasteiger partial charge in [-0.3, -0.25) is 4.79 Å². The molecule has 138 valence electrons. The SMILES string of the molecule is C[C@H]1CCCN(C(=O)c2ccc(CS(=O)(=O)N3CCOCC3)cc2)C1. The lowest BCUT2D eigenvalue weighted by atomic mass is 9.99. The summed E-state index contributed by atoms with van der Waals surface area (Å²) in [6, 6.07) is 6.98. The van der Waals surface area contributed by atoms with Gasteiger partial charge in [0.15, 0.2) is 0 Å². The van der Waals surface area contributed by atoms with Crippen molar-refractivity contribution >= 4 is 15.9 Å². The summed E-state index contributed by atoms with van der Waals surface area (Å²) in [6.45, 7) is 5.47. The summed E-state index contributed by atoms with van der Waals surface area (Å²) >= 11 is 0. The maximum absolute atomic E-state index is 12.6. The summed E-state index contributed by atoms with van der Waals surface area (Å²) < 4.78 is 31.6. The van der Waals surface area contributed by atoms with E-state index in [0.29, 0.717) is 43.3 Å². The van der Waals surface area contributed by atoms with E-state index < -0.39 is 10.0 Å². The molecule has 0 saturated carbocycles. The maximum Gasteiger partial charge on any atom is 0.253 e. The Morgan fingerprint density at radius 3 is 2.48 bits per heavy atom. The van der Waals surface area contributed by atoms with Gasteiger partial charge in [-0.05, 0) is 36.5 Å². The number of morpholine rings is 1. The number of rotatable bonds is 4. The van der Waals surface area contributed by atoms with Crippen LogP contribution in [0.1, 0.15) is 35.7 Å². The Hall–Kier alpha value is -1.44. The van der Waals surface area contributed by atoms with Gasteiger partial charge in [0.2, 0.25) is 10.0 Å². The van der Waals surface area contributed by atoms with E-state index in [1.165, 1.54) is 10.7 Å². The van der Waals surface area contributed by atoms with Gasteiger partial charge in [-0.15, -0.1) is 0 Å². The molecule has 2 heterocycles. The Morgan fingerprint density at radius 1 is 1.16 bits per heavy atom. The molecule has 0 unspecified atom stereocenters. The van der Waals surface area contributed by atoms with Crippen LogP contribution in [0.2, 0.25) is 0 Å². The molecular formula is C18H26N2O4S. The number of carbonyl (C=O) groups excluding carboxylic acids is 1. The van der Waals surface area contributed by atoms with Gasteiger partial charge in [-0.25, -0.2) is 8.42 Å². The molecule has 0 bridgehead atoms. The van der Waals surface area contributed by atoms with E-state index in [9.17, 15) is 13.2 Å². The number of sulfonamides is 1. The molecule has 6 nitrogen and oxygen atoms in total. The zero-order valence-corrected chi connectivity index (χ0v) is 15.5. The van der Waals surface area contributed by atoms with Crippen molar-refractivity contribution in [1.82, 2.24) is 9.21 Å². The quantitative estimate of drug-likeness (QED) is 0.814. The standard InChI is InChI=1S/C18H26N2O4S/c1-15-3-2-8-19(13-15)18(21)17-6-4-16(5-7-17)14-25(22,23)20-9-11-24-12-10-20/h4-7,15H,2-3,8-14H2,1H3/t15-/m0/s1. The number of benzene rings is 1. The van der Waals surface area contributed by atoms with E-state index in [4.69, 9.17) is 4.74 Å². The summed E-state index contributed by atoms with van der Waals surface area (Å²) in [4.78, 5) is 14.5. The molecule has 0 spiro atoms. The van der Waals surface area contributed by atoms with Gasteiger partial charge in [0.05, 0.1) is 19.0 Å². The first-order valence-electron chi connectivity index (χ1n) is 8.89. The van der Waals surface area contributed by atoms with E-state index >= 15 is 0 Å². The van der Waals surface area contributed by atoms with Gasteiger partial charge in [0.25, 0.3) is 5.91 Å². The molecule has 7 heteroatoms. The van der Waals surface area contributed by atoms with Crippen molar-refractivity contribution in [3.63, 3.8) is 0 Å². The molecule has 0 aliphatic carbocycles. The predicted molar refractivity (Wildman–Crippen MR) is 95.8 cm³/mol. The molecule has 3 rings (SSSR count). The molecule has 2 aliphatic rings. The largest absolute Gasteiger partial charge is 0.379 e. The summed E-state index contributed by atoms with van der Waals surface area (Å²) in [6.07, 6.45) is 2.21. The Morgan fingerprint density at radius 2 is 1.84 bits per heavy atom. The summed E-state index contributed by atoms with van der Waals surface area (Å²) in [5, 5.41) is 0. The van der Waals surface area contributed by atoms with Crippen LogP contribution < -0.4 is 0 Å². The molecule has 2 saturated heterocycles. The first kappa shape index (κ1) is 18.4. The first-order valence-corrected chi connectivity index (χ1v) is 10.5. The van der Waals surface area contributed by atoms with Crippen LogP contribution in [0, 0.1) is 5.92 Å². The van der Waals surface area contributed by atoms with Crippen molar-refractivity contribution in [2.24, 2.45) is 5.92 Å². The van der Waals surface area contributed by atoms with Crippen LogP contribution in [-0.2, 0) is 20.5 Å². The lowest BCUT2D eigenvalue weighted by Crippen LogP contribution is -2.41. The molecular weight excluding hydrogens is 340 g/mol. The zero-order chi connectivity index (χ0) is 17.9. The van der Waals surface area contributed by atoms with E-state index in [1.54, 1.807) is 24.3 Å². The number of piperidine rings is 1. The lowest BCUT2D eigenvalue weighted by Gasteiger charge is -2.31. The molecule has 2 aliphatic heterocycles. The Balaban J connectivity index is 1.64. The Labute approximate surface area is 149 Å². The summed E-state index contributed by atoms with van der Waals surface area (Å²) in [7, 11) is -3.34. The molecule has 0 radical (unpaired) electrons. The normalized spacial score (nSPS) is 22.8. The van der Waals surface area contributed by atoms with Crippen LogP contribution in [0.15, 0.2) is 24.3 Å². The van der Waals surface area contributed by atoms with Gasteiger partial charge in [0, 0.05) is 31.7 Å². The zero-order valence-electron chi connectivity index (χ0n) is 14.7. The van der Waals surface area contributed by atoms with Crippen molar-refractivity contribution in [1.29, 1.82) is 0 Å². The van der Waals surface area contributed by atoms with E-state index in [0.717, 1.165) is 19.5 Å². The monoisotopic (exact) mass is 366 g/mol. The summed E-state index contributed by atoms with van der Waals surface area (Å²) in [5.41, 5.74) is 1.33. The second-order valence-corrected chi connectivity index (χ2v) is 8.93. The van der Waals surface area contributed by atoms with Crippen molar-refractivity contribution in [2.75, 3.05) is 39.4 Å². The number of ether oxygens (including phenoxy) is 1. The predicted octanol–water partition coefficient (Wildman–Crippen LogP) is 1.72. The van der Waals surface area contributed by atoms with Crippen LogP contribution in [0.3, 0.4) is 0 Å². The molecule has 1 aromatic rings. The minimum absolute atomic E-state index is 0.0362. The minimum atomic E-state index is -3.34. The molecule has 1 amide bonds. The van der Waals surface area contributed by atoms with Crippen molar-refractivity contribution < 1.29 is 17.9 Å². The van der Waals surface area contributed by atoms with Crippen LogP contribution in [0.5, 0.6) is 0 Å². The van der Waals surface area contributed by atoms with Crippen LogP contribution in [0.4, 0.5) is 0 Å². The molecule has 2 fully saturated rings. The number of amides is 1. The molecule has 0 aromatic heterocycles. The smallest absolute Gasteiger partial charge is 0.253 e. The highest BCUT2D eigenvalue weighted by Crippen LogP contribution is 2.19. The van der Waals surface area contributed by atoms with Crippen LogP contribution in [-0.4, -0.2) is 62.9 Å². The van der Waals surface area contributed by atoms with Gasteiger partial charge in [-0.2, -0.15) is 4.31 Å². The Kier molecular flexibility index (Phi) is 5.76. The number of hydrogen-bond donors (Lipinski definition) is 0. The summed E-state index contributed by atoms with van der Waals surface area (Å²) in [5.74, 6) is 0.534. The fraction of sp³-hybridized carbons (Fsp3) is 0.611. The van der Waals surface area contributed by atoms with Crippen molar-refractivity contribution in [2.45, 2.75) is 25.5 Å². The van der Waals surface area contributed by atoms with Gasteiger partial charge in [-0.1, -0.05) is 19.1 Å². The average Bonchev–Trinajstić information content (AvgIpc) is 2.62. The molecule has 1 aromatic carbocycles. The third-order valence-corrected chi connectivity index (χ3v) is 6.71. The highest BCUT2D eigenvalue weighted by Gasteiger charge is 2.25. The first-order chi connectivity index (χ1) is 12.0. The third-order valence-electron chi connectivity index (χ3n) is 4.86. The third kappa shape index (κ3) is 4.59. The molecule has 0 N–H and O–H groups in total. The van der Waals surface area contributed by atoms with E-state index in [-0.39, 0.29) is 11.7 Å². The topological polar surface area (TPSA) is 66.9 Å². The van der Waals surface area contributed by atoms with Crippen molar-refractivity contribution in [3.8, 4) is 0 Å². The average molecular weight is 366 g/mol. The van der Waals surface area contributed by atoms with Crippen molar-refractivity contribution in [3.05, 3.63) is 35.4 Å². The number of carbonyl (C=O) groups is 1. The molecule has 1 atom stereocenters. The minimum Gasteiger partial charge on any atom is -0.379 e. The van der Waals surface area contributed by atoms with Crippen LogP contribution in [0.25, 0.3) is 0 Å². The van der Waals surface area contributed by atoms with Gasteiger partial charge < -0.3 is 9.64 Å². The fourth-order valence-electron chi connectivity index (χ4n) is 3.43. The second kappa shape index (κ2) is 7.85. The fourth-order valence-corrected chi connectivity index (χ4v) is 4.93. The number of nitrogens with zero attached hydrogens (tertiary/aromatic N) is 2. The van der Waals surface area contributed by atoms with Gasteiger partial charge >= 0.3 is 0 Å². The van der Waals surface area contributed by atoms with Gasteiger partial charge in [0.1, 0.15) is 0 Å². The highest BCUT2D eigenvalue weighted by molar-refractivity contribution is 7.88. The highest BCUT2D eigenvalue weighted by atomic mass is 32.2. The maximum atomic E-state index is 12.6. The lowest BCUT2D eigenvalue weighted by molar-refractivity contribution is 0.0683. The van der Waals surface area contributed by atoms with Crippen LogP contribution >= 0.6 is 0 Å². The molecule has 25 heavy (non-hydrogen) atoms. The number of hydrogen-bond acceptors (Lipinski definition) is 4. The van der Waals surface area contributed by atoms with E-state index in [2.05, 4.69) is 6.92 Å². The second-order valence-electron chi connectivity index (χ2n) is 6.96. The Bertz CT molecular complexity index is 696.